The molecule has 0 radical (unpaired) electrons. The second-order valence-electron chi connectivity index (χ2n) is 6.16. The van der Waals surface area contributed by atoms with Crippen LogP contribution >= 0.6 is 7.60 Å². The molecule has 0 bridgehead atoms. The van der Waals surface area contributed by atoms with Crippen LogP contribution in [0.2, 0.25) is 0 Å². The molecule has 0 aliphatic heterocycles. The third-order valence-corrected chi connectivity index (χ3v) is 6.50. The molecule has 0 saturated heterocycles. The summed E-state index contributed by atoms with van der Waals surface area (Å²) in [5.41, 5.74) is -0.188. The number of alkyl halides is 3. The molecule has 2 aromatic rings. The quantitative estimate of drug-likeness (QED) is 0.487. The minimum absolute atomic E-state index is 0.0450. The first kappa shape index (κ1) is 22.6. The second kappa shape index (κ2) is 9.70. The summed E-state index contributed by atoms with van der Waals surface area (Å²) in [5.74, 6) is -1.28. The molecule has 0 aliphatic carbocycles. The van der Waals surface area contributed by atoms with Gasteiger partial charge in [0.05, 0.1) is 18.8 Å². The van der Waals surface area contributed by atoms with Crippen molar-refractivity contribution in [1.82, 2.24) is 5.32 Å². The summed E-state index contributed by atoms with van der Waals surface area (Å²) < 4.78 is 65.2. The first-order chi connectivity index (χ1) is 13.2. The molecule has 0 heterocycles. The number of benzene rings is 2. The van der Waals surface area contributed by atoms with Crippen molar-refractivity contribution in [3.8, 4) is 0 Å². The third-order valence-electron chi connectivity index (χ3n) is 4.20. The van der Waals surface area contributed by atoms with E-state index in [1.807, 2.05) is 30.3 Å². The highest BCUT2D eigenvalue weighted by Crippen LogP contribution is 2.61. The lowest BCUT2D eigenvalue weighted by Gasteiger charge is -2.31. The highest BCUT2D eigenvalue weighted by molar-refractivity contribution is 7.54. The number of halogens is 3. The van der Waals surface area contributed by atoms with E-state index in [1.165, 1.54) is 18.2 Å². The maximum Gasteiger partial charge on any atom is 0.416 e. The molecule has 1 N–H and O–H groups in total. The molecule has 0 spiro atoms. The van der Waals surface area contributed by atoms with E-state index in [9.17, 15) is 17.7 Å². The Balaban J connectivity index is 2.55. The number of nitrogens with one attached hydrogen (secondary N) is 1. The van der Waals surface area contributed by atoms with E-state index in [0.717, 1.165) is 11.6 Å². The predicted molar refractivity (Wildman–Crippen MR) is 103 cm³/mol. The number of hydrogen-bond donors (Lipinski definition) is 1. The van der Waals surface area contributed by atoms with Crippen LogP contribution in [0.1, 0.15) is 49.3 Å². The largest absolute Gasteiger partial charge is 0.416 e. The highest BCUT2D eigenvalue weighted by atomic mass is 31.2. The first-order valence-electron chi connectivity index (χ1n) is 9.08. The molecule has 154 valence electrons. The standard InChI is InChI=1S/C20H25F3NO3P/c1-4-26-28(25,27-5-2)19(24-15(3)16-11-7-6-8-12-16)17-13-9-10-14-18(17)20(21,22)23/h6-15,19,24H,4-5H2,1-3H3/t15-,19?/m1/s1. The molecule has 1 unspecified atom stereocenters. The van der Waals surface area contributed by atoms with Crippen molar-refractivity contribution in [3.05, 3.63) is 71.3 Å². The summed E-state index contributed by atoms with van der Waals surface area (Å²) >= 11 is 0. The Morgan fingerprint density at radius 3 is 2.04 bits per heavy atom. The summed E-state index contributed by atoms with van der Waals surface area (Å²) in [6.45, 7) is 5.13. The van der Waals surface area contributed by atoms with Crippen LogP contribution in [0, 0.1) is 0 Å². The van der Waals surface area contributed by atoms with Crippen LogP contribution in [0.4, 0.5) is 13.2 Å². The van der Waals surface area contributed by atoms with E-state index >= 15 is 0 Å². The Kier molecular flexibility index (Phi) is 7.84. The molecule has 0 aromatic heterocycles. The van der Waals surface area contributed by atoms with E-state index in [-0.39, 0.29) is 24.8 Å². The maximum atomic E-state index is 13.6. The molecule has 0 fully saturated rings. The predicted octanol–water partition coefficient (Wildman–Crippen LogP) is 6.32. The van der Waals surface area contributed by atoms with Crippen molar-refractivity contribution in [2.24, 2.45) is 0 Å². The fourth-order valence-corrected chi connectivity index (χ4v) is 5.03. The van der Waals surface area contributed by atoms with Crippen LogP contribution in [0.25, 0.3) is 0 Å². The van der Waals surface area contributed by atoms with Gasteiger partial charge in [-0.1, -0.05) is 48.5 Å². The van der Waals surface area contributed by atoms with Crippen LogP contribution in [0.15, 0.2) is 54.6 Å². The van der Waals surface area contributed by atoms with Gasteiger partial charge < -0.3 is 9.05 Å². The SMILES string of the molecule is CCOP(=O)(OCC)C(N[C@H](C)c1ccccc1)c1ccccc1C(F)(F)F. The van der Waals surface area contributed by atoms with E-state index in [1.54, 1.807) is 20.8 Å². The van der Waals surface area contributed by atoms with Gasteiger partial charge in [-0.2, -0.15) is 13.2 Å². The highest BCUT2D eigenvalue weighted by Gasteiger charge is 2.43. The molecule has 0 saturated carbocycles. The molecule has 4 nitrogen and oxygen atoms in total. The van der Waals surface area contributed by atoms with Crippen LogP contribution in [0.3, 0.4) is 0 Å². The molecule has 8 heteroatoms. The van der Waals surface area contributed by atoms with Crippen LogP contribution < -0.4 is 5.32 Å². The lowest BCUT2D eigenvalue weighted by atomic mass is 10.0. The molecule has 0 aliphatic rings. The Morgan fingerprint density at radius 2 is 1.50 bits per heavy atom. The Bertz CT molecular complexity index is 789. The van der Waals surface area contributed by atoms with Crippen LogP contribution in [0.5, 0.6) is 0 Å². The average Bonchev–Trinajstić information content (AvgIpc) is 2.66. The third kappa shape index (κ3) is 5.45. The van der Waals surface area contributed by atoms with Gasteiger partial charge in [-0.25, -0.2) is 0 Å². The lowest BCUT2D eigenvalue weighted by molar-refractivity contribution is -0.138. The van der Waals surface area contributed by atoms with Gasteiger partial charge in [0, 0.05) is 6.04 Å². The van der Waals surface area contributed by atoms with Crippen LogP contribution in [-0.4, -0.2) is 13.2 Å². The number of rotatable bonds is 9. The minimum atomic E-state index is -4.60. The number of hydrogen-bond acceptors (Lipinski definition) is 4. The van der Waals surface area contributed by atoms with E-state index in [2.05, 4.69) is 5.32 Å². The fraction of sp³-hybridized carbons (Fsp3) is 0.400. The van der Waals surface area contributed by atoms with Gasteiger partial charge in [0.25, 0.3) is 0 Å². The van der Waals surface area contributed by atoms with Crippen LogP contribution in [-0.2, 0) is 19.8 Å². The summed E-state index contributed by atoms with van der Waals surface area (Å²) in [6.07, 6.45) is -4.60. The van der Waals surface area contributed by atoms with Crippen molar-refractivity contribution in [2.75, 3.05) is 13.2 Å². The van der Waals surface area contributed by atoms with E-state index in [4.69, 9.17) is 9.05 Å². The zero-order valence-corrected chi connectivity index (χ0v) is 17.0. The van der Waals surface area contributed by atoms with Gasteiger partial charge in [-0.05, 0) is 38.0 Å². The van der Waals surface area contributed by atoms with Gasteiger partial charge in [0.1, 0.15) is 5.78 Å². The summed E-state index contributed by atoms with van der Waals surface area (Å²) in [5, 5.41) is 3.06. The van der Waals surface area contributed by atoms with Crippen molar-refractivity contribution >= 4 is 7.60 Å². The Labute approximate surface area is 163 Å². The zero-order valence-electron chi connectivity index (χ0n) is 16.1. The van der Waals surface area contributed by atoms with E-state index in [0.29, 0.717) is 0 Å². The Hall–Kier alpha value is -1.66. The maximum absolute atomic E-state index is 13.6. The minimum Gasteiger partial charge on any atom is -0.308 e. The van der Waals surface area contributed by atoms with Crippen molar-refractivity contribution < 1.29 is 26.8 Å². The van der Waals surface area contributed by atoms with Crippen molar-refractivity contribution in [2.45, 2.75) is 38.8 Å². The normalized spacial score (nSPS) is 14.6. The van der Waals surface area contributed by atoms with Gasteiger partial charge in [0.2, 0.25) is 0 Å². The monoisotopic (exact) mass is 415 g/mol. The summed E-state index contributed by atoms with van der Waals surface area (Å²) in [6, 6.07) is 13.9. The van der Waals surface area contributed by atoms with Gasteiger partial charge in [-0.15, -0.1) is 0 Å². The van der Waals surface area contributed by atoms with Gasteiger partial charge in [-0.3, -0.25) is 9.88 Å². The van der Waals surface area contributed by atoms with Gasteiger partial charge >= 0.3 is 13.8 Å². The Morgan fingerprint density at radius 1 is 0.964 bits per heavy atom. The fourth-order valence-electron chi connectivity index (χ4n) is 2.97. The van der Waals surface area contributed by atoms with E-state index < -0.39 is 25.1 Å². The van der Waals surface area contributed by atoms with Crippen molar-refractivity contribution in [1.29, 1.82) is 0 Å². The molecular weight excluding hydrogens is 390 g/mol. The van der Waals surface area contributed by atoms with Crippen molar-refractivity contribution in [3.63, 3.8) is 0 Å². The zero-order chi connectivity index (χ0) is 20.8. The summed E-state index contributed by atoms with van der Waals surface area (Å²) in [7, 11) is -3.93. The second-order valence-corrected chi connectivity index (χ2v) is 8.27. The summed E-state index contributed by atoms with van der Waals surface area (Å²) in [4.78, 5) is 0. The molecule has 2 atom stereocenters. The topological polar surface area (TPSA) is 47.6 Å². The average molecular weight is 415 g/mol. The first-order valence-corrected chi connectivity index (χ1v) is 10.7. The molecule has 28 heavy (non-hydrogen) atoms. The molecule has 2 rings (SSSR count). The van der Waals surface area contributed by atoms with Gasteiger partial charge in [0.15, 0.2) is 0 Å². The lowest BCUT2D eigenvalue weighted by Crippen LogP contribution is -2.28. The smallest absolute Gasteiger partial charge is 0.308 e. The molecular formula is C20H25F3NO3P. The molecule has 0 amide bonds. The molecule has 2 aromatic carbocycles.